The summed E-state index contributed by atoms with van der Waals surface area (Å²) in [5, 5.41) is 3.49. The lowest BCUT2D eigenvalue weighted by molar-refractivity contribution is -0.129. The lowest BCUT2D eigenvalue weighted by atomic mass is 9.97. The number of morpholine rings is 1. The monoisotopic (exact) mass is 290 g/mol. The molecule has 1 saturated heterocycles. The molecule has 0 spiro atoms. The Morgan fingerprint density at radius 2 is 2.10 bits per heavy atom. The predicted molar refractivity (Wildman–Crippen MR) is 88.8 cm³/mol. The second-order valence-electron chi connectivity index (χ2n) is 7.08. The Morgan fingerprint density at radius 1 is 1.38 bits per heavy atom. The number of nitrogens with zero attached hydrogens (tertiary/aromatic N) is 1. The van der Waals surface area contributed by atoms with Crippen LogP contribution < -0.4 is 5.32 Å². The maximum absolute atomic E-state index is 6.01. The minimum Gasteiger partial charge on any atom is -0.370 e. The number of nitrogens with one attached hydrogen (secondary N) is 1. The molecule has 1 fully saturated rings. The van der Waals surface area contributed by atoms with Crippen molar-refractivity contribution in [3.05, 3.63) is 34.9 Å². The highest BCUT2D eigenvalue weighted by Gasteiger charge is 2.32. The Kier molecular flexibility index (Phi) is 5.07. The topological polar surface area (TPSA) is 24.5 Å². The van der Waals surface area contributed by atoms with Crippen molar-refractivity contribution < 1.29 is 4.74 Å². The molecule has 0 aromatic heterocycles. The predicted octanol–water partition coefficient (Wildman–Crippen LogP) is 3.06. The summed E-state index contributed by atoms with van der Waals surface area (Å²) in [4.78, 5) is 2.52. The highest BCUT2D eigenvalue weighted by Crippen LogP contribution is 2.25. The molecule has 1 aromatic rings. The van der Waals surface area contributed by atoms with Crippen molar-refractivity contribution >= 4 is 0 Å². The first kappa shape index (κ1) is 16.5. The van der Waals surface area contributed by atoms with Crippen LogP contribution in [0.4, 0.5) is 0 Å². The van der Waals surface area contributed by atoms with Gasteiger partial charge in [-0.1, -0.05) is 23.8 Å². The lowest BCUT2D eigenvalue weighted by Gasteiger charge is -2.43. The summed E-state index contributed by atoms with van der Waals surface area (Å²) in [6.07, 6.45) is 0.296. The summed E-state index contributed by atoms with van der Waals surface area (Å²) in [6.45, 7) is 13.9. The first-order valence-corrected chi connectivity index (χ1v) is 7.95. The fourth-order valence-corrected chi connectivity index (χ4v) is 3.46. The van der Waals surface area contributed by atoms with Crippen LogP contribution in [0.1, 0.15) is 43.5 Å². The van der Waals surface area contributed by atoms with Gasteiger partial charge in [-0.3, -0.25) is 4.90 Å². The van der Waals surface area contributed by atoms with Crippen molar-refractivity contribution in [1.29, 1.82) is 0 Å². The van der Waals surface area contributed by atoms with Crippen LogP contribution in [0.25, 0.3) is 0 Å². The first-order chi connectivity index (χ1) is 9.80. The number of hydrogen-bond donors (Lipinski definition) is 1. The smallest absolute Gasteiger partial charge is 0.0757 e. The molecular formula is C18H30N2O. The Balaban J connectivity index is 2.13. The quantitative estimate of drug-likeness (QED) is 0.922. The largest absolute Gasteiger partial charge is 0.370 e. The van der Waals surface area contributed by atoms with Gasteiger partial charge in [0.1, 0.15) is 0 Å². The number of likely N-dealkylation sites (N-methyl/N-ethyl adjacent to an activating group) is 1. The van der Waals surface area contributed by atoms with Gasteiger partial charge in [-0.2, -0.15) is 0 Å². The summed E-state index contributed by atoms with van der Waals surface area (Å²) < 4.78 is 6.01. The van der Waals surface area contributed by atoms with Gasteiger partial charge < -0.3 is 10.1 Å². The minimum atomic E-state index is -0.0579. The van der Waals surface area contributed by atoms with Crippen LogP contribution in [0.15, 0.2) is 18.2 Å². The molecule has 118 valence electrons. The molecule has 1 N–H and O–H groups in total. The average Bonchev–Trinajstić information content (AvgIpc) is 2.36. The van der Waals surface area contributed by atoms with Crippen LogP contribution in [0.2, 0.25) is 0 Å². The number of benzene rings is 1. The normalized spacial score (nSPS) is 24.0. The fraction of sp³-hybridized carbons (Fsp3) is 0.667. The van der Waals surface area contributed by atoms with E-state index in [2.05, 4.69) is 70.1 Å². The molecule has 0 bridgehead atoms. The number of aryl methyl sites for hydroxylation is 2. The minimum absolute atomic E-state index is 0.0579. The third-order valence-corrected chi connectivity index (χ3v) is 4.24. The van der Waals surface area contributed by atoms with Gasteiger partial charge in [0.2, 0.25) is 0 Å². The van der Waals surface area contributed by atoms with E-state index in [-0.39, 0.29) is 5.60 Å². The third kappa shape index (κ3) is 4.29. The zero-order valence-corrected chi connectivity index (χ0v) is 14.4. The molecule has 1 aliphatic heterocycles. The Bertz CT molecular complexity index is 484. The van der Waals surface area contributed by atoms with Crippen LogP contribution in [-0.4, -0.2) is 43.3 Å². The standard InChI is InChI=1S/C18H30N2O/c1-13-7-8-14(2)16(9-13)17(19-6)11-20-10-15(3)21-18(4,5)12-20/h7-9,15,17,19H,10-12H2,1-6H3. The van der Waals surface area contributed by atoms with Crippen LogP contribution in [0, 0.1) is 13.8 Å². The number of hydrogen-bond acceptors (Lipinski definition) is 3. The van der Waals surface area contributed by atoms with E-state index in [0.29, 0.717) is 12.1 Å². The summed E-state index contributed by atoms with van der Waals surface area (Å²) in [7, 11) is 2.06. The maximum atomic E-state index is 6.01. The van der Waals surface area contributed by atoms with Gasteiger partial charge in [0, 0.05) is 25.7 Å². The molecule has 3 nitrogen and oxygen atoms in total. The van der Waals surface area contributed by atoms with E-state index in [1.54, 1.807) is 0 Å². The third-order valence-electron chi connectivity index (χ3n) is 4.24. The van der Waals surface area contributed by atoms with Crippen molar-refractivity contribution in [2.24, 2.45) is 0 Å². The highest BCUT2D eigenvalue weighted by molar-refractivity contribution is 5.33. The molecule has 0 saturated carbocycles. The molecule has 2 atom stereocenters. The fourth-order valence-electron chi connectivity index (χ4n) is 3.46. The van der Waals surface area contributed by atoms with Gasteiger partial charge >= 0.3 is 0 Å². The van der Waals surface area contributed by atoms with E-state index in [9.17, 15) is 0 Å². The molecule has 0 radical (unpaired) electrons. The van der Waals surface area contributed by atoms with Crippen molar-refractivity contribution in [2.75, 3.05) is 26.7 Å². The zero-order valence-electron chi connectivity index (χ0n) is 14.4. The molecule has 1 aromatic carbocycles. The molecule has 0 amide bonds. The van der Waals surface area contributed by atoms with Gasteiger partial charge in [-0.25, -0.2) is 0 Å². The molecule has 21 heavy (non-hydrogen) atoms. The van der Waals surface area contributed by atoms with Crippen LogP contribution in [0.5, 0.6) is 0 Å². The zero-order chi connectivity index (χ0) is 15.6. The SMILES string of the molecule is CNC(CN1CC(C)OC(C)(C)C1)c1cc(C)ccc1C. The summed E-state index contributed by atoms with van der Waals surface area (Å²) in [5.74, 6) is 0. The van der Waals surface area contributed by atoms with Crippen molar-refractivity contribution in [3.8, 4) is 0 Å². The van der Waals surface area contributed by atoms with Gasteiger partial charge in [-0.15, -0.1) is 0 Å². The molecule has 2 rings (SSSR count). The second-order valence-corrected chi connectivity index (χ2v) is 7.08. The van der Waals surface area contributed by atoms with E-state index < -0.39 is 0 Å². The van der Waals surface area contributed by atoms with Gasteiger partial charge in [0.15, 0.2) is 0 Å². The van der Waals surface area contributed by atoms with E-state index >= 15 is 0 Å². The molecule has 2 unspecified atom stereocenters. The van der Waals surface area contributed by atoms with E-state index in [0.717, 1.165) is 19.6 Å². The lowest BCUT2D eigenvalue weighted by Crippen LogP contribution is -2.53. The van der Waals surface area contributed by atoms with Crippen molar-refractivity contribution in [2.45, 2.75) is 52.4 Å². The number of ether oxygens (including phenoxy) is 1. The summed E-state index contributed by atoms with van der Waals surface area (Å²) in [6, 6.07) is 7.09. The highest BCUT2D eigenvalue weighted by atomic mass is 16.5. The van der Waals surface area contributed by atoms with E-state index in [1.165, 1.54) is 16.7 Å². The van der Waals surface area contributed by atoms with Gasteiger partial charge in [0.05, 0.1) is 11.7 Å². The van der Waals surface area contributed by atoms with Crippen LogP contribution in [-0.2, 0) is 4.74 Å². The average molecular weight is 290 g/mol. The van der Waals surface area contributed by atoms with Crippen LogP contribution >= 0.6 is 0 Å². The Labute approximate surface area is 129 Å². The van der Waals surface area contributed by atoms with Gasteiger partial charge in [0.25, 0.3) is 0 Å². The molecular weight excluding hydrogens is 260 g/mol. The first-order valence-electron chi connectivity index (χ1n) is 7.95. The van der Waals surface area contributed by atoms with E-state index in [4.69, 9.17) is 4.74 Å². The molecule has 0 aliphatic carbocycles. The van der Waals surface area contributed by atoms with Crippen molar-refractivity contribution in [1.82, 2.24) is 10.2 Å². The molecule has 3 heteroatoms. The van der Waals surface area contributed by atoms with Crippen molar-refractivity contribution in [3.63, 3.8) is 0 Å². The summed E-state index contributed by atoms with van der Waals surface area (Å²) in [5.41, 5.74) is 4.04. The summed E-state index contributed by atoms with van der Waals surface area (Å²) >= 11 is 0. The second kappa shape index (κ2) is 6.47. The Morgan fingerprint density at radius 3 is 2.71 bits per heavy atom. The molecule has 1 heterocycles. The van der Waals surface area contributed by atoms with Crippen LogP contribution in [0.3, 0.4) is 0 Å². The van der Waals surface area contributed by atoms with Gasteiger partial charge in [-0.05, 0) is 52.8 Å². The molecule has 1 aliphatic rings. The maximum Gasteiger partial charge on any atom is 0.0757 e. The van der Waals surface area contributed by atoms with E-state index in [1.807, 2.05) is 0 Å². The Hall–Kier alpha value is -0.900. The number of rotatable bonds is 4.